The van der Waals surface area contributed by atoms with Crippen LogP contribution in [0.15, 0.2) is 28.7 Å². The Morgan fingerprint density at radius 1 is 1.06 bits per heavy atom. The molecule has 1 aromatic carbocycles. The van der Waals surface area contributed by atoms with E-state index in [1.807, 2.05) is 45.2 Å². The maximum atomic E-state index is 4.51. The average Bonchev–Trinajstić information content (AvgIpc) is 2.33. The van der Waals surface area contributed by atoms with Crippen molar-refractivity contribution in [3.63, 3.8) is 0 Å². The maximum Gasteiger partial charge on any atom is 0.161 e. The summed E-state index contributed by atoms with van der Waals surface area (Å²) in [6, 6.07) is 8.00. The molecule has 0 amide bonds. The van der Waals surface area contributed by atoms with Gasteiger partial charge in [0, 0.05) is 28.3 Å². The predicted octanol–water partition coefficient (Wildman–Crippen LogP) is 3.56. The Labute approximate surface area is 109 Å². The van der Waals surface area contributed by atoms with Crippen LogP contribution in [0.1, 0.15) is 11.3 Å². The van der Waals surface area contributed by atoms with Gasteiger partial charge in [0.15, 0.2) is 5.82 Å². The Kier molecular flexibility index (Phi) is 3.43. The van der Waals surface area contributed by atoms with E-state index in [-0.39, 0.29) is 0 Å². The Morgan fingerprint density at radius 2 is 1.71 bits per heavy atom. The van der Waals surface area contributed by atoms with Crippen LogP contribution in [0.25, 0.3) is 11.4 Å². The minimum Gasteiger partial charge on any atom is -0.373 e. The predicted molar refractivity (Wildman–Crippen MR) is 74.2 cm³/mol. The molecule has 0 bridgehead atoms. The van der Waals surface area contributed by atoms with E-state index in [0.29, 0.717) is 0 Å². The van der Waals surface area contributed by atoms with E-state index < -0.39 is 0 Å². The van der Waals surface area contributed by atoms with E-state index in [4.69, 9.17) is 0 Å². The maximum absolute atomic E-state index is 4.51. The molecular formula is C13H14BrN3. The van der Waals surface area contributed by atoms with E-state index in [1.165, 1.54) is 0 Å². The molecule has 0 spiro atoms. The van der Waals surface area contributed by atoms with Gasteiger partial charge in [-0.1, -0.05) is 28.1 Å². The highest BCUT2D eigenvalue weighted by molar-refractivity contribution is 9.10. The van der Waals surface area contributed by atoms with Crippen molar-refractivity contribution < 1.29 is 0 Å². The number of aryl methyl sites for hydroxylation is 1. The highest BCUT2D eigenvalue weighted by Gasteiger charge is 2.08. The molecule has 2 rings (SSSR count). The Hall–Kier alpha value is -1.42. The lowest BCUT2D eigenvalue weighted by atomic mass is 10.2. The molecule has 88 valence electrons. The molecule has 1 heterocycles. The Morgan fingerprint density at radius 3 is 2.29 bits per heavy atom. The van der Waals surface area contributed by atoms with Crippen LogP contribution in [0.3, 0.4) is 0 Å². The van der Waals surface area contributed by atoms with Gasteiger partial charge in [-0.25, -0.2) is 9.97 Å². The van der Waals surface area contributed by atoms with E-state index >= 15 is 0 Å². The van der Waals surface area contributed by atoms with Gasteiger partial charge in [0.05, 0.1) is 0 Å². The van der Waals surface area contributed by atoms with E-state index in [0.717, 1.165) is 32.9 Å². The fourth-order valence-corrected chi connectivity index (χ4v) is 1.86. The van der Waals surface area contributed by atoms with E-state index in [1.54, 1.807) is 0 Å². The van der Waals surface area contributed by atoms with Crippen molar-refractivity contribution in [3.8, 4) is 11.4 Å². The highest BCUT2D eigenvalue weighted by Crippen LogP contribution is 2.22. The number of benzene rings is 1. The number of hydrogen-bond donors (Lipinski definition) is 1. The standard InChI is InChI=1S/C13H14BrN3/c1-8-9(2)16-13(17-12(8)15-3)10-4-6-11(14)7-5-10/h4-7H,1-3H3,(H,15,16,17). The Bertz CT molecular complexity index is 535. The second-order valence-corrected chi connectivity index (χ2v) is 4.78. The zero-order chi connectivity index (χ0) is 12.4. The summed E-state index contributed by atoms with van der Waals surface area (Å²) in [5.74, 6) is 1.64. The second-order valence-electron chi connectivity index (χ2n) is 3.86. The fourth-order valence-electron chi connectivity index (χ4n) is 1.60. The third kappa shape index (κ3) is 2.47. The number of nitrogens with zero attached hydrogens (tertiary/aromatic N) is 2. The van der Waals surface area contributed by atoms with Gasteiger partial charge in [0.2, 0.25) is 0 Å². The first kappa shape index (κ1) is 12.0. The summed E-state index contributed by atoms with van der Waals surface area (Å²) >= 11 is 3.42. The molecule has 1 N–H and O–H groups in total. The van der Waals surface area contributed by atoms with Crippen molar-refractivity contribution in [2.75, 3.05) is 12.4 Å². The Balaban J connectivity index is 2.52. The topological polar surface area (TPSA) is 37.8 Å². The van der Waals surface area contributed by atoms with Gasteiger partial charge in [-0.15, -0.1) is 0 Å². The summed E-state index contributed by atoms with van der Waals surface area (Å²) in [4.78, 5) is 9.03. The van der Waals surface area contributed by atoms with Gasteiger partial charge in [0.25, 0.3) is 0 Å². The molecule has 0 atom stereocenters. The number of halogens is 1. The molecule has 1 aromatic heterocycles. The highest BCUT2D eigenvalue weighted by atomic mass is 79.9. The van der Waals surface area contributed by atoms with Crippen molar-refractivity contribution in [2.24, 2.45) is 0 Å². The zero-order valence-corrected chi connectivity index (χ0v) is 11.7. The largest absolute Gasteiger partial charge is 0.373 e. The number of anilines is 1. The van der Waals surface area contributed by atoms with Crippen LogP contribution in [-0.4, -0.2) is 17.0 Å². The second kappa shape index (κ2) is 4.84. The zero-order valence-electron chi connectivity index (χ0n) is 10.1. The summed E-state index contributed by atoms with van der Waals surface area (Å²) in [7, 11) is 1.88. The molecular weight excluding hydrogens is 278 g/mol. The van der Waals surface area contributed by atoms with Crippen LogP contribution in [0.5, 0.6) is 0 Å². The monoisotopic (exact) mass is 291 g/mol. The van der Waals surface area contributed by atoms with Gasteiger partial charge in [-0.2, -0.15) is 0 Å². The van der Waals surface area contributed by atoms with Crippen molar-refractivity contribution in [1.82, 2.24) is 9.97 Å². The SMILES string of the molecule is CNc1nc(-c2ccc(Br)cc2)nc(C)c1C. The summed E-state index contributed by atoms with van der Waals surface area (Å²) in [6.45, 7) is 4.02. The van der Waals surface area contributed by atoms with Crippen LogP contribution in [0.2, 0.25) is 0 Å². The third-order valence-corrected chi connectivity index (χ3v) is 3.26. The molecule has 3 nitrogen and oxygen atoms in total. The lowest BCUT2D eigenvalue weighted by molar-refractivity contribution is 1.07. The summed E-state index contributed by atoms with van der Waals surface area (Å²) in [5, 5.41) is 3.10. The number of hydrogen-bond acceptors (Lipinski definition) is 3. The van der Waals surface area contributed by atoms with Crippen LogP contribution in [0.4, 0.5) is 5.82 Å². The van der Waals surface area contributed by atoms with Gasteiger partial charge in [-0.3, -0.25) is 0 Å². The number of rotatable bonds is 2. The lowest BCUT2D eigenvalue weighted by Crippen LogP contribution is -2.02. The van der Waals surface area contributed by atoms with Crippen LogP contribution in [-0.2, 0) is 0 Å². The number of aromatic nitrogens is 2. The van der Waals surface area contributed by atoms with Gasteiger partial charge in [0.1, 0.15) is 5.82 Å². The van der Waals surface area contributed by atoms with Crippen molar-refractivity contribution in [2.45, 2.75) is 13.8 Å². The molecule has 0 radical (unpaired) electrons. The minimum atomic E-state index is 0.755. The van der Waals surface area contributed by atoms with Crippen LogP contribution in [0, 0.1) is 13.8 Å². The molecule has 4 heteroatoms. The first-order valence-electron chi connectivity index (χ1n) is 5.40. The van der Waals surface area contributed by atoms with Crippen molar-refractivity contribution in [1.29, 1.82) is 0 Å². The minimum absolute atomic E-state index is 0.755. The average molecular weight is 292 g/mol. The fraction of sp³-hybridized carbons (Fsp3) is 0.231. The van der Waals surface area contributed by atoms with Gasteiger partial charge >= 0.3 is 0 Å². The normalized spacial score (nSPS) is 10.4. The van der Waals surface area contributed by atoms with E-state index in [2.05, 4.69) is 31.2 Å². The smallest absolute Gasteiger partial charge is 0.161 e. The molecule has 0 aliphatic carbocycles. The molecule has 0 saturated carbocycles. The van der Waals surface area contributed by atoms with Crippen LogP contribution < -0.4 is 5.32 Å². The molecule has 0 unspecified atom stereocenters. The summed E-state index contributed by atoms with van der Waals surface area (Å²) in [6.07, 6.45) is 0. The molecule has 0 fully saturated rings. The third-order valence-electron chi connectivity index (χ3n) is 2.73. The first-order chi connectivity index (χ1) is 8.11. The molecule has 0 saturated heterocycles. The van der Waals surface area contributed by atoms with Gasteiger partial charge in [-0.05, 0) is 26.0 Å². The van der Waals surface area contributed by atoms with Crippen molar-refractivity contribution in [3.05, 3.63) is 40.0 Å². The summed E-state index contributed by atoms with van der Waals surface area (Å²) in [5.41, 5.74) is 3.11. The molecule has 0 aliphatic rings. The molecule has 2 aromatic rings. The summed E-state index contributed by atoms with van der Waals surface area (Å²) < 4.78 is 1.05. The van der Waals surface area contributed by atoms with E-state index in [9.17, 15) is 0 Å². The number of nitrogens with one attached hydrogen (secondary N) is 1. The van der Waals surface area contributed by atoms with Crippen molar-refractivity contribution >= 4 is 21.7 Å². The van der Waals surface area contributed by atoms with Gasteiger partial charge < -0.3 is 5.32 Å². The quantitative estimate of drug-likeness (QED) is 0.919. The first-order valence-corrected chi connectivity index (χ1v) is 6.20. The molecule has 17 heavy (non-hydrogen) atoms. The molecule has 0 aliphatic heterocycles. The van der Waals surface area contributed by atoms with Crippen LogP contribution >= 0.6 is 15.9 Å². The lowest BCUT2D eigenvalue weighted by Gasteiger charge is -2.09.